The lowest BCUT2D eigenvalue weighted by molar-refractivity contribution is -0.120. The van der Waals surface area contributed by atoms with Crippen molar-refractivity contribution in [2.24, 2.45) is 0 Å². The number of benzene rings is 2. The Labute approximate surface area is 117 Å². The van der Waals surface area contributed by atoms with E-state index in [4.69, 9.17) is 11.6 Å². The van der Waals surface area contributed by atoms with Crippen LogP contribution in [-0.4, -0.2) is 5.91 Å². The van der Waals surface area contributed by atoms with E-state index in [-0.39, 0.29) is 5.91 Å². The maximum Gasteiger partial charge on any atom is 0.235 e. The summed E-state index contributed by atoms with van der Waals surface area (Å²) in [5.41, 5.74) is 2.48. The molecule has 96 valence electrons. The molecule has 1 atom stereocenters. The fourth-order valence-corrected chi connectivity index (χ4v) is 2.84. The number of hydrogen-bond acceptors (Lipinski definition) is 1. The Morgan fingerprint density at radius 3 is 2.63 bits per heavy atom. The minimum absolute atomic E-state index is 0.0358. The third-order valence-corrected chi connectivity index (χ3v) is 3.96. The fourth-order valence-electron chi connectivity index (χ4n) is 2.66. The molecule has 19 heavy (non-hydrogen) atoms. The summed E-state index contributed by atoms with van der Waals surface area (Å²) in [5, 5.41) is 3.57. The molecule has 2 nitrogen and oxygen atoms in total. The van der Waals surface area contributed by atoms with Crippen LogP contribution in [0, 0.1) is 0 Å². The second kappa shape index (κ2) is 4.39. The smallest absolute Gasteiger partial charge is 0.235 e. The molecular weight excluding hydrogens is 258 g/mol. The Hall–Kier alpha value is -1.80. The molecule has 1 unspecified atom stereocenters. The van der Waals surface area contributed by atoms with Gasteiger partial charge in [0, 0.05) is 10.7 Å². The molecule has 2 aromatic carbocycles. The molecule has 0 aliphatic carbocycles. The maximum absolute atomic E-state index is 12.3. The first kappa shape index (κ1) is 12.2. The van der Waals surface area contributed by atoms with Crippen LogP contribution in [0.3, 0.4) is 0 Å². The predicted molar refractivity (Wildman–Crippen MR) is 77.6 cm³/mol. The molecule has 3 rings (SSSR count). The predicted octanol–water partition coefficient (Wildman–Crippen LogP) is 3.79. The van der Waals surface area contributed by atoms with E-state index in [1.165, 1.54) is 0 Å². The van der Waals surface area contributed by atoms with Crippen LogP contribution in [0.15, 0.2) is 48.5 Å². The highest BCUT2D eigenvalue weighted by molar-refractivity contribution is 6.31. The van der Waals surface area contributed by atoms with Crippen molar-refractivity contribution in [3.8, 4) is 0 Å². The molecule has 0 aromatic heterocycles. The molecule has 1 heterocycles. The number of carbonyl (C=O) groups is 1. The summed E-state index contributed by atoms with van der Waals surface area (Å²) < 4.78 is 0. The van der Waals surface area contributed by atoms with Crippen molar-refractivity contribution in [2.45, 2.75) is 18.8 Å². The van der Waals surface area contributed by atoms with Crippen LogP contribution in [0.4, 0.5) is 5.69 Å². The van der Waals surface area contributed by atoms with Gasteiger partial charge in [0.25, 0.3) is 0 Å². The first-order chi connectivity index (χ1) is 9.09. The molecule has 1 N–H and O–H groups in total. The number of halogens is 1. The van der Waals surface area contributed by atoms with E-state index in [1.807, 2.05) is 55.5 Å². The topological polar surface area (TPSA) is 29.1 Å². The highest BCUT2D eigenvalue weighted by Gasteiger charge is 2.42. The Bertz CT molecular complexity index is 638. The van der Waals surface area contributed by atoms with Crippen molar-refractivity contribution in [1.29, 1.82) is 0 Å². The first-order valence-corrected chi connectivity index (χ1v) is 6.63. The second-order valence-corrected chi connectivity index (χ2v) is 5.57. The number of fused-ring (bicyclic) bond motifs is 1. The van der Waals surface area contributed by atoms with Crippen molar-refractivity contribution in [2.75, 3.05) is 5.32 Å². The van der Waals surface area contributed by atoms with Gasteiger partial charge in [-0.25, -0.2) is 0 Å². The van der Waals surface area contributed by atoms with Crippen LogP contribution >= 0.6 is 11.6 Å². The van der Waals surface area contributed by atoms with Gasteiger partial charge >= 0.3 is 0 Å². The quantitative estimate of drug-likeness (QED) is 0.885. The van der Waals surface area contributed by atoms with Gasteiger partial charge in [-0.1, -0.05) is 48.0 Å². The Morgan fingerprint density at radius 2 is 1.89 bits per heavy atom. The van der Waals surface area contributed by atoms with Crippen LogP contribution in [-0.2, 0) is 16.6 Å². The van der Waals surface area contributed by atoms with E-state index in [1.54, 1.807) is 0 Å². The minimum atomic E-state index is -0.527. The highest BCUT2D eigenvalue weighted by Crippen LogP contribution is 2.41. The Kier molecular flexibility index (Phi) is 2.83. The summed E-state index contributed by atoms with van der Waals surface area (Å²) in [7, 11) is 0. The van der Waals surface area contributed by atoms with Gasteiger partial charge in [-0.05, 0) is 36.6 Å². The number of hydrogen-bond donors (Lipinski definition) is 1. The van der Waals surface area contributed by atoms with Crippen LogP contribution in [0.2, 0.25) is 5.02 Å². The zero-order valence-electron chi connectivity index (χ0n) is 10.6. The standard InChI is InChI=1S/C16H14ClNO/c1-16(10-11-5-3-2-4-6-11)13-8-7-12(17)9-14(13)18-15(16)19/h2-9H,10H2,1H3,(H,18,19). The maximum atomic E-state index is 12.3. The molecule has 1 amide bonds. The summed E-state index contributed by atoms with van der Waals surface area (Å²) in [6, 6.07) is 15.7. The van der Waals surface area contributed by atoms with Crippen LogP contribution in [0.1, 0.15) is 18.1 Å². The molecule has 0 radical (unpaired) electrons. The van der Waals surface area contributed by atoms with Crippen LogP contribution < -0.4 is 5.32 Å². The molecule has 0 saturated carbocycles. The van der Waals surface area contributed by atoms with Gasteiger partial charge in [-0.15, -0.1) is 0 Å². The SMILES string of the molecule is CC1(Cc2ccccc2)C(=O)Nc2cc(Cl)ccc21. The third-order valence-electron chi connectivity index (χ3n) is 3.73. The zero-order chi connectivity index (χ0) is 13.5. The van der Waals surface area contributed by atoms with Crippen molar-refractivity contribution in [1.82, 2.24) is 0 Å². The van der Waals surface area contributed by atoms with Gasteiger partial charge in [0.2, 0.25) is 5.91 Å². The van der Waals surface area contributed by atoms with Gasteiger partial charge in [0.05, 0.1) is 5.41 Å². The van der Waals surface area contributed by atoms with Crippen molar-refractivity contribution >= 4 is 23.2 Å². The first-order valence-electron chi connectivity index (χ1n) is 6.25. The molecule has 2 aromatic rings. The van der Waals surface area contributed by atoms with Gasteiger partial charge in [0.1, 0.15) is 0 Å². The third kappa shape index (κ3) is 2.02. The largest absolute Gasteiger partial charge is 0.325 e. The van der Waals surface area contributed by atoms with Crippen molar-refractivity contribution < 1.29 is 4.79 Å². The summed E-state index contributed by atoms with van der Waals surface area (Å²) in [6.07, 6.45) is 0.689. The average molecular weight is 272 g/mol. The molecule has 3 heteroatoms. The summed E-state index contributed by atoms with van der Waals surface area (Å²) in [5.74, 6) is 0.0358. The minimum Gasteiger partial charge on any atom is -0.325 e. The molecule has 1 aliphatic heterocycles. The number of nitrogens with one attached hydrogen (secondary N) is 1. The number of carbonyl (C=O) groups excluding carboxylic acids is 1. The monoisotopic (exact) mass is 271 g/mol. The summed E-state index contributed by atoms with van der Waals surface area (Å²) in [4.78, 5) is 12.3. The number of rotatable bonds is 2. The van der Waals surface area contributed by atoms with Crippen LogP contribution in [0.25, 0.3) is 0 Å². The van der Waals surface area contributed by atoms with Gasteiger partial charge in [-0.2, -0.15) is 0 Å². The average Bonchev–Trinajstić information content (AvgIpc) is 2.62. The molecule has 0 fully saturated rings. The van der Waals surface area contributed by atoms with Gasteiger partial charge in [-0.3, -0.25) is 4.79 Å². The van der Waals surface area contributed by atoms with E-state index in [0.717, 1.165) is 16.8 Å². The lowest BCUT2D eigenvalue weighted by Gasteiger charge is -2.22. The lowest BCUT2D eigenvalue weighted by atomic mass is 9.78. The summed E-state index contributed by atoms with van der Waals surface area (Å²) >= 11 is 5.97. The number of amides is 1. The van der Waals surface area contributed by atoms with E-state index < -0.39 is 5.41 Å². The zero-order valence-corrected chi connectivity index (χ0v) is 11.4. The molecule has 0 bridgehead atoms. The molecule has 1 aliphatic rings. The number of anilines is 1. The van der Waals surface area contributed by atoms with Gasteiger partial charge in [0.15, 0.2) is 0 Å². The normalized spacial score (nSPS) is 21.1. The van der Waals surface area contributed by atoms with E-state index >= 15 is 0 Å². The highest BCUT2D eigenvalue weighted by atomic mass is 35.5. The Balaban J connectivity index is 2.03. The molecule has 0 saturated heterocycles. The molecule has 0 spiro atoms. The van der Waals surface area contributed by atoms with E-state index in [0.29, 0.717) is 11.4 Å². The van der Waals surface area contributed by atoms with Crippen LogP contribution in [0.5, 0.6) is 0 Å². The van der Waals surface area contributed by atoms with Gasteiger partial charge < -0.3 is 5.32 Å². The van der Waals surface area contributed by atoms with E-state index in [9.17, 15) is 4.79 Å². The fraction of sp³-hybridized carbons (Fsp3) is 0.188. The van der Waals surface area contributed by atoms with Crippen molar-refractivity contribution in [3.63, 3.8) is 0 Å². The van der Waals surface area contributed by atoms with E-state index in [2.05, 4.69) is 5.32 Å². The lowest BCUT2D eigenvalue weighted by Crippen LogP contribution is -2.33. The molecular formula is C16H14ClNO. The Morgan fingerprint density at radius 1 is 1.16 bits per heavy atom. The van der Waals surface area contributed by atoms with Crippen molar-refractivity contribution in [3.05, 3.63) is 64.7 Å². The summed E-state index contributed by atoms with van der Waals surface area (Å²) in [6.45, 7) is 1.98. The second-order valence-electron chi connectivity index (χ2n) is 5.14.